The van der Waals surface area contributed by atoms with Crippen LogP contribution in [0.25, 0.3) is 0 Å². The number of hydrogen-bond acceptors (Lipinski definition) is 3. The van der Waals surface area contributed by atoms with Crippen LogP contribution in [0.1, 0.15) is 32.9 Å². The number of hydrogen-bond donors (Lipinski definition) is 2. The van der Waals surface area contributed by atoms with Gasteiger partial charge in [0, 0.05) is 31.5 Å². The molecule has 5 nitrogen and oxygen atoms in total. The third-order valence-electron chi connectivity index (χ3n) is 2.63. The van der Waals surface area contributed by atoms with Gasteiger partial charge < -0.3 is 10.3 Å². The Bertz CT molecular complexity index is 478. The summed E-state index contributed by atoms with van der Waals surface area (Å²) in [6.07, 6.45) is 2.61. The lowest BCUT2D eigenvalue weighted by molar-refractivity contribution is 0.559. The van der Waals surface area contributed by atoms with E-state index in [1.807, 2.05) is 25.3 Å². The number of nitrogens with zero attached hydrogens (tertiary/aromatic N) is 1. The minimum atomic E-state index is -3.41. The second kappa shape index (κ2) is 6.36. The third-order valence-corrected chi connectivity index (χ3v) is 4.02. The number of rotatable bonds is 7. The van der Waals surface area contributed by atoms with Gasteiger partial charge in [0.25, 0.3) is 0 Å². The zero-order valence-corrected chi connectivity index (χ0v) is 12.1. The van der Waals surface area contributed by atoms with Crippen molar-refractivity contribution in [3.63, 3.8) is 0 Å². The van der Waals surface area contributed by atoms with E-state index in [4.69, 9.17) is 5.73 Å². The number of sulfonamides is 1. The van der Waals surface area contributed by atoms with Gasteiger partial charge in [0.2, 0.25) is 10.0 Å². The van der Waals surface area contributed by atoms with Crippen LogP contribution in [0.3, 0.4) is 0 Å². The van der Waals surface area contributed by atoms with Gasteiger partial charge in [0.1, 0.15) is 0 Å². The number of nitrogens with two attached hydrogens (primary N) is 1. The van der Waals surface area contributed by atoms with Crippen LogP contribution in [0.4, 0.5) is 0 Å². The summed E-state index contributed by atoms with van der Waals surface area (Å²) in [5, 5.41) is 0. The largest absolute Gasteiger partial charge is 0.349 e. The van der Waals surface area contributed by atoms with Gasteiger partial charge in [0.15, 0.2) is 0 Å². The molecule has 1 aromatic heterocycles. The first kappa shape index (κ1) is 15.2. The Labute approximate surface area is 109 Å². The van der Waals surface area contributed by atoms with Crippen LogP contribution in [0.2, 0.25) is 0 Å². The predicted octanol–water partition coefficient (Wildman–Crippen LogP) is 1.29. The molecule has 1 heterocycles. The smallest absolute Gasteiger partial charge is 0.242 e. The molecule has 0 aliphatic carbocycles. The van der Waals surface area contributed by atoms with Gasteiger partial charge in [-0.3, -0.25) is 0 Å². The molecule has 0 bridgehead atoms. The van der Waals surface area contributed by atoms with Crippen molar-refractivity contribution in [2.24, 2.45) is 11.7 Å². The summed E-state index contributed by atoms with van der Waals surface area (Å²) in [6.45, 7) is 7.56. The van der Waals surface area contributed by atoms with E-state index in [2.05, 4.69) is 4.72 Å². The van der Waals surface area contributed by atoms with E-state index < -0.39 is 10.0 Å². The average Bonchev–Trinajstić information content (AvgIpc) is 2.71. The van der Waals surface area contributed by atoms with Gasteiger partial charge in [-0.1, -0.05) is 20.8 Å². The highest BCUT2D eigenvalue weighted by Crippen LogP contribution is 2.15. The second-order valence-electron chi connectivity index (χ2n) is 4.81. The van der Waals surface area contributed by atoms with E-state index in [0.29, 0.717) is 18.0 Å². The van der Waals surface area contributed by atoms with Gasteiger partial charge in [-0.05, 0) is 18.4 Å². The van der Waals surface area contributed by atoms with Crippen molar-refractivity contribution >= 4 is 10.0 Å². The molecule has 0 radical (unpaired) electrons. The van der Waals surface area contributed by atoms with Crippen molar-refractivity contribution in [1.82, 2.24) is 9.29 Å². The normalized spacial score (nSPS) is 12.3. The van der Waals surface area contributed by atoms with Crippen LogP contribution < -0.4 is 10.5 Å². The molecule has 3 N–H and O–H groups in total. The van der Waals surface area contributed by atoms with Gasteiger partial charge in [-0.2, -0.15) is 0 Å². The molecule has 0 amide bonds. The Morgan fingerprint density at radius 1 is 1.44 bits per heavy atom. The van der Waals surface area contributed by atoms with Crippen molar-refractivity contribution < 1.29 is 8.42 Å². The van der Waals surface area contributed by atoms with Crippen molar-refractivity contribution in [3.05, 3.63) is 18.0 Å². The Balaban J connectivity index is 2.95. The Hall–Kier alpha value is -0.850. The predicted molar refractivity (Wildman–Crippen MR) is 72.6 cm³/mol. The zero-order chi connectivity index (χ0) is 13.8. The summed E-state index contributed by atoms with van der Waals surface area (Å²) in [7, 11) is -3.41. The molecule has 1 rings (SSSR count). The maximum absolute atomic E-state index is 12.1. The second-order valence-corrected chi connectivity index (χ2v) is 6.58. The monoisotopic (exact) mass is 273 g/mol. The molecule has 0 aliphatic heterocycles. The SMILES string of the molecule is CCCn1cc(S(=O)(=O)NCC(C)C)cc1CN. The first-order valence-corrected chi connectivity index (χ1v) is 7.77. The molecule has 0 fully saturated rings. The minimum absolute atomic E-state index is 0.284. The van der Waals surface area contributed by atoms with Gasteiger partial charge >= 0.3 is 0 Å². The van der Waals surface area contributed by atoms with E-state index in [-0.39, 0.29) is 5.92 Å². The van der Waals surface area contributed by atoms with Gasteiger partial charge in [-0.15, -0.1) is 0 Å². The van der Waals surface area contributed by atoms with Crippen LogP contribution in [0.15, 0.2) is 17.2 Å². The van der Waals surface area contributed by atoms with Crippen LogP contribution in [-0.4, -0.2) is 19.5 Å². The van der Waals surface area contributed by atoms with Crippen LogP contribution >= 0.6 is 0 Å². The van der Waals surface area contributed by atoms with Crippen molar-refractivity contribution in [3.8, 4) is 0 Å². The molecular weight excluding hydrogens is 250 g/mol. The summed E-state index contributed by atoms with van der Waals surface area (Å²) >= 11 is 0. The lowest BCUT2D eigenvalue weighted by Crippen LogP contribution is -2.27. The Kier molecular flexibility index (Phi) is 5.37. The topological polar surface area (TPSA) is 77.1 Å². The molecule has 104 valence electrons. The first-order chi connectivity index (χ1) is 8.40. The Morgan fingerprint density at radius 2 is 2.11 bits per heavy atom. The molecule has 1 aromatic rings. The third kappa shape index (κ3) is 3.83. The molecule has 0 saturated heterocycles. The summed E-state index contributed by atoms with van der Waals surface area (Å²) < 4.78 is 28.6. The van der Waals surface area contributed by atoms with Gasteiger partial charge in [0.05, 0.1) is 4.90 Å². The standard InChI is InChI=1S/C12H23N3O2S/c1-4-5-15-9-12(6-11(15)7-13)18(16,17)14-8-10(2)3/h6,9-10,14H,4-5,7-8,13H2,1-3H3. The molecule has 0 saturated carbocycles. The highest BCUT2D eigenvalue weighted by molar-refractivity contribution is 7.89. The molecule has 18 heavy (non-hydrogen) atoms. The fourth-order valence-electron chi connectivity index (χ4n) is 1.65. The van der Waals surface area contributed by atoms with Crippen molar-refractivity contribution in [1.29, 1.82) is 0 Å². The van der Waals surface area contributed by atoms with Crippen molar-refractivity contribution in [2.45, 2.75) is 45.2 Å². The summed E-state index contributed by atoms with van der Waals surface area (Å²) in [5.41, 5.74) is 6.47. The molecule has 0 spiro atoms. The molecule has 0 atom stereocenters. The molecule has 0 aromatic carbocycles. The average molecular weight is 273 g/mol. The quantitative estimate of drug-likeness (QED) is 0.786. The highest BCUT2D eigenvalue weighted by atomic mass is 32.2. The maximum atomic E-state index is 12.1. The number of aryl methyl sites for hydroxylation is 1. The summed E-state index contributed by atoms with van der Waals surface area (Å²) in [6, 6.07) is 1.65. The molecule has 6 heteroatoms. The Morgan fingerprint density at radius 3 is 2.61 bits per heavy atom. The number of nitrogens with one attached hydrogen (secondary N) is 1. The fourth-order valence-corrected chi connectivity index (χ4v) is 2.93. The summed E-state index contributed by atoms with van der Waals surface area (Å²) in [4.78, 5) is 0.303. The van der Waals surface area contributed by atoms with Crippen molar-refractivity contribution in [2.75, 3.05) is 6.54 Å². The highest BCUT2D eigenvalue weighted by Gasteiger charge is 2.17. The van der Waals surface area contributed by atoms with Crippen LogP contribution in [0.5, 0.6) is 0 Å². The van der Waals surface area contributed by atoms with E-state index in [1.165, 1.54) is 0 Å². The van der Waals surface area contributed by atoms with Crippen LogP contribution in [0, 0.1) is 5.92 Å². The van der Waals surface area contributed by atoms with E-state index >= 15 is 0 Å². The summed E-state index contributed by atoms with van der Waals surface area (Å²) in [5.74, 6) is 0.284. The maximum Gasteiger partial charge on any atom is 0.242 e. The molecule has 0 unspecified atom stereocenters. The number of aromatic nitrogens is 1. The first-order valence-electron chi connectivity index (χ1n) is 6.29. The minimum Gasteiger partial charge on any atom is -0.349 e. The lowest BCUT2D eigenvalue weighted by Gasteiger charge is -2.07. The zero-order valence-electron chi connectivity index (χ0n) is 11.3. The molecule has 0 aliphatic rings. The van der Waals surface area contributed by atoms with E-state index in [1.54, 1.807) is 12.3 Å². The van der Waals surface area contributed by atoms with E-state index in [0.717, 1.165) is 18.7 Å². The molecular formula is C12H23N3O2S. The van der Waals surface area contributed by atoms with Crippen LogP contribution in [-0.2, 0) is 23.1 Å². The fraction of sp³-hybridized carbons (Fsp3) is 0.667. The van der Waals surface area contributed by atoms with Gasteiger partial charge in [-0.25, -0.2) is 13.1 Å². The lowest BCUT2D eigenvalue weighted by atomic mass is 10.2. The van der Waals surface area contributed by atoms with E-state index in [9.17, 15) is 8.42 Å².